The maximum atomic E-state index is 13.2. The Morgan fingerprint density at radius 3 is 2.43 bits per heavy atom. The van der Waals surface area contributed by atoms with E-state index in [4.69, 9.17) is 9.15 Å². The Kier molecular flexibility index (Phi) is 10.0. The second kappa shape index (κ2) is 12.1. The maximum Gasteiger partial charge on any atom is 0.309 e. The number of esters is 1. The first-order chi connectivity index (χ1) is 16.2. The van der Waals surface area contributed by atoms with Gasteiger partial charge in [-0.1, -0.05) is 46.3 Å². The standard InChI is InChI=1S/C28H43NO6/c1-16-10-9-11-17(2)25(32)20(5)27(33)28(7,8)23(30)14-24(31)35-26(18(3)12-16)19(4)13-22-15-34-21(6)29-22/h12-13,15,17-18,20,23,25-26,30,32H,9-11,14H2,1-8H3/t17-,18?,20+,23-,25-,26-/m0/s1. The third-order valence-electron chi connectivity index (χ3n) is 7.31. The van der Waals surface area contributed by atoms with Gasteiger partial charge in [0.1, 0.15) is 23.8 Å². The van der Waals surface area contributed by atoms with E-state index >= 15 is 0 Å². The lowest BCUT2D eigenvalue weighted by Crippen LogP contribution is -2.45. The third-order valence-corrected chi connectivity index (χ3v) is 7.31. The second-order valence-corrected chi connectivity index (χ2v) is 10.9. The fourth-order valence-corrected chi connectivity index (χ4v) is 4.87. The number of hydrogen-bond donors (Lipinski definition) is 2. The molecule has 2 rings (SSSR count). The van der Waals surface area contributed by atoms with Crippen LogP contribution in [0.3, 0.4) is 0 Å². The van der Waals surface area contributed by atoms with Crippen LogP contribution in [-0.2, 0) is 14.3 Å². The van der Waals surface area contributed by atoms with E-state index in [9.17, 15) is 19.8 Å². The van der Waals surface area contributed by atoms with E-state index in [1.807, 2.05) is 26.8 Å². The van der Waals surface area contributed by atoms with Crippen LogP contribution in [0, 0.1) is 30.1 Å². The molecule has 0 amide bonds. The molecule has 2 N–H and O–H groups in total. The van der Waals surface area contributed by atoms with Crippen molar-refractivity contribution in [2.24, 2.45) is 23.2 Å². The van der Waals surface area contributed by atoms with Crippen molar-refractivity contribution in [3.05, 3.63) is 35.1 Å². The van der Waals surface area contributed by atoms with E-state index in [1.54, 1.807) is 34.0 Å². The average molecular weight is 490 g/mol. The molecule has 196 valence electrons. The van der Waals surface area contributed by atoms with E-state index in [2.05, 4.69) is 18.0 Å². The molecule has 1 aromatic rings. The molecule has 7 nitrogen and oxygen atoms in total. The molecule has 6 atom stereocenters. The first-order valence-electron chi connectivity index (χ1n) is 12.6. The summed E-state index contributed by atoms with van der Waals surface area (Å²) in [5.74, 6) is -1.13. The van der Waals surface area contributed by atoms with Crippen molar-refractivity contribution in [1.29, 1.82) is 0 Å². The molecule has 0 bridgehead atoms. The van der Waals surface area contributed by atoms with Crippen molar-refractivity contribution >= 4 is 17.8 Å². The first kappa shape index (κ1) is 29.0. The van der Waals surface area contributed by atoms with Gasteiger partial charge in [0.05, 0.1) is 24.0 Å². The van der Waals surface area contributed by atoms with Crippen LogP contribution in [0.4, 0.5) is 0 Å². The Morgan fingerprint density at radius 1 is 1.17 bits per heavy atom. The van der Waals surface area contributed by atoms with Gasteiger partial charge in [-0.15, -0.1) is 0 Å². The number of allylic oxidation sites excluding steroid dienone is 1. The van der Waals surface area contributed by atoms with E-state index < -0.39 is 35.6 Å². The van der Waals surface area contributed by atoms with E-state index in [0.717, 1.165) is 24.8 Å². The topological polar surface area (TPSA) is 110 Å². The molecular formula is C28H43NO6. The third kappa shape index (κ3) is 7.61. The Morgan fingerprint density at radius 2 is 1.83 bits per heavy atom. The summed E-state index contributed by atoms with van der Waals surface area (Å²) >= 11 is 0. The monoisotopic (exact) mass is 489 g/mol. The van der Waals surface area contributed by atoms with Crippen molar-refractivity contribution in [2.75, 3.05) is 0 Å². The highest BCUT2D eigenvalue weighted by atomic mass is 16.5. The van der Waals surface area contributed by atoms with E-state index in [0.29, 0.717) is 11.6 Å². The van der Waals surface area contributed by atoms with Crippen LogP contribution in [-0.4, -0.2) is 45.3 Å². The summed E-state index contributed by atoms with van der Waals surface area (Å²) in [6.07, 6.45) is 5.07. The van der Waals surface area contributed by atoms with Crippen LogP contribution < -0.4 is 0 Å². The molecule has 0 radical (unpaired) electrons. The zero-order chi connectivity index (χ0) is 26.5. The minimum absolute atomic E-state index is 0.0613. The molecule has 1 aliphatic rings. The maximum absolute atomic E-state index is 13.2. The van der Waals surface area contributed by atoms with Gasteiger partial charge in [-0.25, -0.2) is 4.98 Å². The van der Waals surface area contributed by atoms with Crippen LogP contribution in [0.2, 0.25) is 0 Å². The lowest BCUT2D eigenvalue weighted by Gasteiger charge is -2.34. The number of ketones is 1. The van der Waals surface area contributed by atoms with Gasteiger partial charge in [0.2, 0.25) is 0 Å². The lowest BCUT2D eigenvalue weighted by atomic mass is 9.73. The first-order valence-corrected chi connectivity index (χ1v) is 12.6. The number of aromatic nitrogens is 1. The molecule has 0 aromatic carbocycles. The predicted molar refractivity (Wildman–Crippen MR) is 135 cm³/mol. The summed E-state index contributed by atoms with van der Waals surface area (Å²) < 4.78 is 11.2. The average Bonchev–Trinajstić information content (AvgIpc) is 3.19. The second-order valence-electron chi connectivity index (χ2n) is 10.9. The molecular weight excluding hydrogens is 446 g/mol. The van der Waals surface area contributed by atoms with Gasteiger partial charge in [-0.3, -0.25) is 9.59 Å². The van der Waals surface area contributed by atoms with Crippen LogP contribution in [0.1, 0.15) is 85.7 Å². The molecule has 1 unspecified atom stereocenters. The zero-order valence-electron chi connectivity index (χ0n) is 22.5. The minimum Gasteiger partial charge on any atom is -0.457 e. The number of aliphatic hydroxyl groups excluding tert-OH is 2. The Bertz CT molecular complexity index is 943. The van der Waals surface area contributed by atoms with Crippen molar-refractivity contribution in [2.45, 2.75) is 99.4 Å². The van der Waals surface area contributed by atoms with Crippen LogP contribution in [0.25, 0.3) is 6.08 Å². The lowest BCUT2D eigenvalue weighted by molar-refractivity contribution is -0.155. The molecule has 0 fully saturated rings. The quantitative estimate of drug-likeness (QED) is 0.442. The molecule has 35 heavy (non-hydrogen) atoms. The number of oxazole rings is 1. The zero-order valence-corrected chi connectivity index (χ0v) is 22.5. The van der Waals surface area contributed by atoms with Gasteiger partial charge in [0, 0.05) is 18.8 Å². The van der Waals surface area contributed by atoms with Crippen molar-refractivity contribution < 1.29 is 29.0 Å². The molecule has 0 saturated carbocycles. The Balaban J connectivity index is 2.40. The summed E-state index contributed by atoms with van der Waals surface area (Å²) in [5.41, 5.74) is 1.41. The Hall–Kier alpha value is -2.25. The number of aliphatic hydroxyl groups is 2. The van der Waals surface area contributed by atoms with Gasteiger partial charge in [0.15, 0.2) is 5.89 Å². The van der Waals surface area contributed by atoms with Crippen molar-refractivity contribution in [3.8, 4) is 0 Å². The number of ether oxygens (including phenoxy) is 1. The highest BCUT2D eigenvalue weighted by Crippen LogP contribution is 2.33. The normalized spacial score (nSPS) is 32.2. The number of Topliss-reactive ketones (excluding diaryl/α,β-unsaturated/α-hetero) is 1. The highest BCUT2D eigenvalue weighted by Gasteiger charge is 2.42. The fourth-order valence-electron chi connectivity index (χ4n) is 4.87. The summed E-state index contributed by atoms with van der Waals surface area (Å²) in [5, 5.41) is 21.7. The van der Waals surface area contributed by atoms with Crippen molar-refractivity contribution in [3.63, 3.8) is 0 Å². The molecule has 0 spiro atoms. The molecule has 1 aromatic heterocycles. The van der Waals surface area contributed by atoms with Gasteiger partial charge in [0.25, 0.3) is 0 Å². The smallest absolute Gasteiger partial charge is 0.309 e. The SMILES string of the molecule is CC1=CC(C)[C@@H](C(C)=Cc2coc(C)n2)OC(=O)C[C@H](O)C(C)(C)C(=O)[C@H](C)[C@@H](O)[C@@H](C)CCC1. The predicted octanol–water partition coefficient (Wildman–Crippen LogP) is 5.04. The number of carbonyl (C=O) groups excluding carboxylic acids is 2. The van der Waals surface area contributed by atoms with Crippen LogP contribution >= 0.6 is 0 Å². The number of rotatable bonds is 2. The highest BCUT2D eigenvalue weighted by molar-refractivity contribution is 5.88. The van der Waals surface area contributed by atoms with Gasteiger partial charge >= 0.3 is 5.97 Å². The number of hydrogen-bond acceptors (Lipinski definition) is 7. The molecule has 0 aliphatic carbocycles. The summed E-state index contributed by atoms with van der Waals surface area (Å²) in [6, 6.07) is 0. The van der Waals surface area contributed by atoms with Crippen LogP contribution in [0.15, 0.2) is 27.9 Å². The van der Waals surface area contributed by atoms with E-state index in [1.165, 1.54) is 5.57 Å². The molecule has 2 heterocycles. The van der Waals surface area contributed by atoms with Crippen molar-refractivity contribution in [1.82, 2.24) is 4.98 Å². The fraction of sp³-hybridized carbons (Fsp3) is 0.679. The van der Waals surface area contributed by atoms with Gasteiger partial charge in [-0.2, -0.15) is 0 Å². The summed E-state index contributed by atoms with van der Waals surface area (Å²) in [6.45, 7) is 14.6. The Labute approximate surface area is 209 Å². The van der Waals surface area contributed by atoms with Gasteiger partial charge in [-0.05, 0) is 50.7 Å². The minimum atomic E-state index is -1.24. The number of nitrogens with zero attached hydrogens (tertiary/aromatic N) is 1. The van der Waals surface area contributed by atoms with Crippen LogP contribution in [0.5, 0.6) is 0 Å². The van der Waals surface area contributed by atoms with Gasteiger partial charge < -0.3 is 19.4 Å². The van der Waals surface area contributed by atoms with E-state index in [-0.39, 0.29) is 24.0 Å². The number of cyclic esters (lactones) is 1. The molecule has 1 aliphatic heterocycles. The largest absolute Gasteiger partial charge is 0.457 e. The molecule has 7 heteroatoms. The number of aryl methyl sites for hydroxylation is 1. The summed E-state index contributed by atoms with van der Waals surface area (Å²) in [4.78, 5) is 30.5. The molecule has 0 saturated heterocycles. The summed E-state index contributed by atoms with van der Waals surface area (Å²) in [7, 11) is 0. The number of carbonyl (C=O) groups is 2.